The molecule has 0 aliphatic carbocycles. The highest BCUT2D eigenvalue weighted by molar-refractivity contribution is 5.42. The Kier molecular flexibility index (Phi) is 2.58. The summed E-state index contributed by atoms with van der Waals surface area (Å²) < 4.78 is 0. The van der Waals surface area contributed by atoms with Gasteiger partial charge in [0.05, 0.1) is 17.6 Å². The Morgan fingerprint density at radius 1 is 1.27 bits per heavy atom. The Morgan fingerprint density at radius 3 is 2.73 bits per heavy atom. The van der Waals surface area contributed by atoms with E-state index in [0.29, 0.717) is 5.69 Å². The van der Waals surface area contributed by atoms with E-state index >= 15 is 0 Å². The van der Waals surface area contributed by atoms with Crippen LogP contribution in [0.5, 0.6) is 0 Å². The molecule has 0 atom stereocenters. The van der Waals surface area contributed by atoms with Crippen molar-refractivity contribution >= 4 is 5.69 Å². The van der Waals surface area contributed by atoms with Crippen molar-refractivity contribution in [3.8, 4) is 0 Å². The number of aromatic nitrogens is 3. The SMILES string of the molecule is Cc1ncc(N)c(Cc2ccncc2)n1. The van der Waals surface area contributed by atoms with E-state index < -0.39 is 0 Å². The number of rotatable bonds is 2. The molecule has 0 fully saturated rings. The van der Waals surface area contributed by atoms with Gasteiger partial charge in [-0.15, -0.1) is 0 Å². The first-order valence-electron chi connectivity index (χ1n) is 4.72. The third-order valence-corrected chi connectivity index (χ3v) is 2.14. The minimum absolute atomic E-state index is 0.636. The van der Waals surface area contributed by atoms with E-state index in [0.717, 1.165) is 23.5 Å². The molecule has 0 saturated heterocycles. The molecular formula is C11H12N4. The zero-order valence-electron chi connectivity index (χ0n) is 8.51. The van der Waals surface area contributed by atoms with Gasteiger partial charge in [-0.1, -0.05) is 0 Å². The van der Waals surface area contributed by atoms with Crippen LogP contribution in [0.3, 0.4) is 0 Å². The largest absolute Gasteiger partial charge is 0.396 e. The molecule has 4 heteroatoms. The fourth-order valence-corrected chi connectivity index (χ4v) is 1.36. The maximum atomic E-state index is 5.80. The average molecular weight is 200 g/mol. The van der Waals surface area contributed by atoms with Crippen molar-refractivity contribution in [1.82, 2.24) is 15.0 Å². The number of pyridine rings is 1. The molecule has 0 saturated carbocycles. The Balaban J connectivity index is 2.28. The molecule has 2 aromatic heterocycles. The van der Waals surface area contributed by atoms with Crippen molar-refractivity contribution in [2.75, 3.05) is 5.73 Å². The van der Waals surface area contributed by atoms with Crippen molar-refractivity contribution in [3.63, 3.8) is 0 Å². The Bertz CT molecular complexity index is 453. The van der Waals surface area contributed by atoms with Gasteiger partial charge in [0.25, 0.3) is 0 Å². The summed E-state index contributed by atoms with van der Waals surface area (Å²) in [7, 11) is 0. The van der Waals surface area contributed by atoms with Crippen molar-refractivity contribution in [1.29, 1.82) is 0 Å². The minimum Gasteiger partial charge on any atom is -0.396 e. The molecule has 0 bridgehead atoms. The summed E-state index contributed by atoms with van der Waals surface area (Å²) in [5, 5.41) is 0. The fourth-order valence-electron chi connectivity index (χ4n) is 1.36. The van der Waals surface area contributed by atoms with Crippen LogP contribution in [0.2, 0.25) is 0 Å². The molecule has 0 aliphatic heterocycles. The molecule has 0 unspecified atom stereocenters. The van der Waals surface area contributed by atoms with Crippen LogP contribution < -0.4 is 5.73 Å². The van der Waals surface area contributed by atoms with Crippen LogP contribution in [-0.2, 0) is 6.42 Å². The number of aryl methyl sites for hydroxylation is 1. The summed E-state index contributed by atoms with van der Waals surface area (Å²) in [6, 6.07) is 3.91. The maximum Gasteiger partial charge on any atom is 0.125 e. The maximum absolute atomic E-state index is 5.80. The van der Waals surface area contributed by atoms with Gasteiger partial charge in [0.15, 0.2) is 0 Å². The van der Waals surface area contributed by atoms with Gasteiger partial charge >= 0.3 is 0 Å². The van der Waals surface area contributed by atoms with Crippen molar-refractivity contribution < 1.29 is 0 Å². The van der Waals surface area contributed by atoms with Crippen LogP contribution in [0, 0.1) is 6.92 Å². The Morgan fingerprint density at radius 2 is 2.00 bits per heavy atom. The summed E-state index contributed by atoms with van der Waals surface area (Å²) in [6.45, 7) is 1.86. The van der Waals surface area contributed by atoms with E-state index in [9.17, 15) is 0 Å². The summed E-state index contributed by atoms with van der Waals surface area (Å²) in [5.41, 5.74) is 8.45. The minimum atomic E-state index is 0.636. The van der Waals surface area contributed by atoms with E-state index in [2.05, 4.69) is 15.0 Å². The van der Waals surface area contributed by atoms with Crippen molar-refractivity contribution in [2.24, 2.45) is 0 Å². The van der Waals surface area contributed by atoms with Gasteiger partial charge in [0, 0.05) is 18.8 Å². The highest BCUT2D eigenvalue weighted by atomic mass is 14.9. The number of anilines is 1. The normalized spacial score (nSPS) is 10.2. The lowest BCUT2D eigenvalue weighted by Gasteiger charge is -2.04. The number of hydrogen-bond acceptors (Lipinski definition) is 4. The molecule has 2 rings (SSSR count). The summed E-state index contributed by atoms with van der Waals surface area (Å²) >= 11 is 0. The Labute approximate surface area is 88.2 Å². The van der Waals surface area contributed by atoms with E-state index in [4.69, 9.17) is 5.73 Å². The highest BCUT2D eigenvalue weighted by Crippen LogP contribution is 2.12. The second-order valence-electron chi connectivity index (χ2n) is 3.35. The monoisotopic (exact) mass is 200 g/mol. The van der Waals surface area contributed by atoms with E-state index in [1.165, 1.54) is 0 Å². The smallest absolute Gasteiger partial charge is 0.125 e. The zero-order chi connectivity index (χ0) is 10.7. The second-order valence-corrected chi connectivity index (χ2v) is 3.35. The summed E-state index contributed by atoms with van der Waals surface area (Å²) in [4.78, 5) is 12.3. The van der Waals surface area contributed by atoms with Gasteiger partial charge < -0.3 is 5.73 Å². The number of nitrogens with zero attached hydrogens (tertiary/aromatic N) is 3. The predicted molar refractivity (Wildman–Crippen MR) is 58.2 cm³/mol. The first kappa shape index (κ1) is 9.58. The van der Waals surface area contributed by atoms with Crippen LogP contribution >= 0.6 is 0 Å². The third-order valence-electron chi connectivity index (χ3n) is 2.14. The summed E-state index contributed by atoms with van der Waals surface area (Å²) in [5.74, 6) is 0.744. The van der Waals surface area contributed by atoms with Gasteiger partial charge in [-0.05, 0) is 24.6 Å². The zero-order valence-corrected chi connectivity index (χ0v) is 8.51. The van der Waals surface area contributed by atoms with Crippen molar-refractivity contribution in [2.45, 2.75) is 13.3 Å². The second kappa shape index (κ2) is 4.04. The molecule has 0 aromatic carbocycles. The molecule has 2 aromatic rings. The van der Waals surface area contributed by atoms with Crippen LogP contribution in [0.4, 0.5) is 5.69 Å². The fraction of sp³-hybridized carbons (Fsp3) is 0.182. The average Bonchev–Trinajstić information content (AvgIpc) is 2.25. The molecule has 0 spiro atoms. The quantitative estimate of drug-likeness (QED) is 0.794. The summed E-state index contributed by atoms with van der Waals surface area (Å²) in [6.07, 6.45) is 5.90. The van der Waals surface area contributed by atoms with Gasteiger partial charge in [-0.3, -0.25) is 4.98 Å². The molecule has 0 aliphatic rings. The van der Waals surface area contributed by atoms with Gasteiger partial charge in [0.2, 0.25) is 0 Å². The number of hydrogen-bond donors (Lipinski definition) is 1. The molecule has 2 heterocycles. The first-order chi connectivity index (χ1) is 7.25. The first-order valence-corrected chi connectivity index (χ1v) is 4.72. The van der Waals surface area contributed by atoms with Crippen LogP contribution in [0.1, 0.15) is 17.1 Å². The van der Waals surface area contributed by atoms with E-state index in [-0.39, 0.29) is 0 Å². The molecule has 76 valence electrons. The third kappa shape index (κ3) is 2.28. The lowest BCUT2D eigenvalue weighted by Crippen LogP contribution is -2.02. The molecule has 15 heavy (non-hydrogen) atoms. The standard InChI is InChI=1S/C11H12N4/c1-8-14-7-10(12)11(15-8)6-9-2-4-13-5-3-9/h2-5,7H,6,12H2,1H3. The number of nitrogen functional groups attached to an aromatic ring is 1. The molecular weight excluding hydrogens is 188 g/mol. The molecule has 4 nitrogen and oxygen atoms in total. The molecule has 2 N–H and O–H groups in total. The molecule has 0 radical (unpaired) electrons. The highest BCUT2D eigenvalue weighted by Gasteiger charge is 2.03. The molecule has 0 amide bonds. The lowest BCUT2D eigenvalue weighted by molar-refractivity contribution is 0.972. The topological polar surface area (TPSA) is 64.7 Å². The van der Waals surface area contributed by atoms with E-state index in [1.54, 1.807) is 18.6 Å². The number of nitrogens with two attached hydrogens (primary N) is 1. The van der Waals surface area contributed by atoms with Crippen LogP contribution in [0.15, 0.2) is 30.7 Å². The lowest BCUT2D eigenvalue weighted by atomic mass is 10.1. The predicted octanol–water partition coefficient (Wildman–Crippen LogP) is 1.35. The van der Waals surface area contributed by atoms with Gasteiger partial charge in [-0.2, -0.15) is 0 Å². The van der Waals surface area contributed by atoms with Gasteiger partial charge in [-0.25, -0.2) is 9.97 Å². The van der Waals surface area contributed by atoms with Crippen molar-refractivity contribution in [3.05, 3.63) is 47.8 Å². The van der Waals surface area contributed by atoms with E-state index in [1.807, 2.05) is 19.1 Å². The van der Waals surface area contributed by atoms with Gasteiger partial charge in [0.1, 0.15) is 5.82 Å². The van der Waals surface area contributed by atoms with Crippen LogP contribution in [0.25, 0.3) is 0 Å². The van der Waals surface area contributed by atoms with Crippen LogP contribution in [-0.4, -0.2) is 15.0 Å². The Hall–Kier alpha value is -1.97.